The smallest absolute Gasteiger partial charge is 0.411 e. The van der Waals surface area contributed by atoms with Gasteiger partial charge in [0.15, 0.2) is 13.2 Å². The number of hydrogen-bond acceptors (Lipinski definition) is 5. The van der Waals surface area contributed by atoms with E-state index in [4.69, 9.17) is 9.47 Å². The first kappa shape index (κ1) is 24.2. The molecule has 0 aromatic heterocycles. The molecular formula is C23H34N5O3+. The highest BCUT2D eigenvalue weighted by Gasteiger charge is 2.39. The molecule has 2 aliphatic rings. The molecule has 168 valence electrons. The molecule has 1 amide bonds. The van der Waals surface area contributed by atoms with Crippen LogP contribution in [0.1, 0.15) is 41.0 Å². The second-order valence-electron chi connectivity index (χ2n) is 8.60. The van der Waals surface area contributed by atoms with Gasteiger partial charge in [-0.2, -0.15) is 9.84 Å². The van der Waals surface area contributed by atoms with Crippen LogP contribution < -0.4 is 0 Å². The third kappa shape index (κ3) is 6.20. The van der Waals surface area contributed by atoms with Crippen molar-refractivity contribution in [2.45, 2.75) is 46.6 Å². The maximum Gasteiger partial charge on any atom is 0.411 e. The average Bonchev–Trinajstić information content (AvgIpc) is 2.70. The summed E-state index contributed by atoms with van der Waals surface area (Å²) in [7, 11) is 3.75. The number of hydrogen-bond donors (Lipinski definition) is 0. The number of nitriles is 1. The molecule has 0 aromatic rings. The molecule has 0 aromatic carbocycles. The van der Waals surface area contributed by atoms with Crippen molar-refractivity contribution in [3.05, 3.63) is 34.9 Å². The van der Waals surface area contributed by atoms with Gasteiger partial charge in [0.2, 0.25) is 17.2 Å². The van der Waals surface area contributed by atoms with Gasteiger partial charge in [-0.1, -0.05) is 13.0 Å². The Morgan fingerprint density at radius 1 is 1.42 bits per heavy atom. The summed E-state index contributed by atoms with van der Waals surface area (Å²) in [4.78, 5) is 20.5. The molecule has 0 bridgehead atoms. The Morgan fingerprint density at radius 3 is 2.68 bits per heavy atom. The minimum absolute atomic E-state index is 0.301. The first-order chi connectivity index (χ1) is 14.6. The van der Waals surface area contributed by atoms with Crippen molar-refractivity contribution in [1.82, 2.24) is 9.80 Å². The van der Waals surface area contributed by atoms with Crippen LogP contribution in [0.5, 0.6) is 0 Å². The first-order valence-electron chi connectivity index (χ1n) is 10.6. The van der Waals surface area contributed by atoms with E-state index in [9.17, 15) is 10.1 Å². The molecular weight excluding hydrogens is 394 g/mol. The van der Waals surface area contributed by atoms with Gasteiger partial charge >= 0.3 is 6.09 Å². The van der Waals surface area contributed by atoms with Crippen molar-refractivity contribution in [3.63, 3.8) is 0 Å². The van der Waals surface area contributed by atoms with E-state index in [1.54, 1.807) is 17.3 Å². The fourth-order valence-electron chi connectivity index (χ4n) is 3.29. The van der Waals surface area contributed by atoms with Crippen LogP contribution in [0.25, 0.3) is 0 Å². The number of ether oxygens (including phenoxy) is 2. The van der Waals surface area contributed by atoms with E-state index < -0.39 is 5.60 Å². The van der Waals surface area contributed by atoms with E-state index in [1.165, 1.54) is 0 Å². The Hall–Kier alpha value is -3.08. The Labute approximate surface area is 185 Å². The largest absolute Gasteiger partial charge is 0.475 e. The number of allylic oxidation sites excluding steroid dienone is 3. The van der Waals surface area contributed by atoms with Crippen LogP contribution in [0.3, 0.4) is 0 Å². The van der Waals surface area contributed by atoms with Crippen LogP contribution in [-0.2, 0) is 9.47 Å². The highest BCUT2D eigenvalue weighted by Crippen LogP contribution is 2.28. The molecule has 8 nitrogen and oxygen atoms in total. The van der Waals surface area contributed by atoms with Crippen molar-refractivity contribution in [2.24, 2.45) is 4.99 Å². The van der Waals surface area contributed by atoms with Gasteiger partial charge in [0.25, 0.3) is 0 Å². The van der Waals surface area contributed by atoms with E-state index >= 15 is 0 Å². The Bertz CT molecular complexity index is 895. The van der Waals surface area contributed by atoms with Gasteiger partial charge < -0.3 is 14.4 Å². The average molecular weight is 429 g/mol. The van der Waals surface area contributed by atoms with E-state index in [0.29, 0.717) is 43.3 Å². The fourth-order valence-corrected chi connectivity index (χ4v) is 3.29. The van der Waals surface area contributed by atoms with Crippen molar-refractivity contribution in [3.8, 4) is 6.07 Å². The molecule has 0 spiro atoms. The number of rotatable bonds is 4. The molecule has 0 unspecified atom stereocenters. The summed E-state index contributed by atoms with van der Waals surface area (Å²) in [6, 6.07) is 2.28. The van der Waals surface area contributed by atoms with Gasteiger partial charge in [-0.3, -0.25) is 4.90 Å². The molecule has 0 fully saturated rings. The summed E-state index contributed by atoms with van der Waals surface area (Å²) in [6.45, 7) is 11.3. The normalized spacial score (nSPS) is 20.4. The fraction of sp³-hybridized carbons (Fsp3) is 0.565. The minimum Gasteiger partial charge on any atom is -0.475 e. The minimum atomic E-state index is -0.539. The van der Waals surface area contributed by atoms with Crippen LogP contribution in [0.15, 0.2) is 39.9 Å². The second-order valence-corrected chi connectivity index (χ2v) is 8.60. The summed E-state index contributed by atoms with van der Waals surface area (Å²) in [5.41, 5.74) is 2.24. The quantitative estimate of drug-likeness (QED) is 0.297. The lowest BCUT2D eigenvalue weighted by atomic mass is 10.1. The zero-order valence-electron chi connectivity index (χ0n) is 19.7. The van der Waals surface area contributed by atoms with Gasteiger partial charge in [0.1, 0.15) is 23.8 Å². The van der Waals surface area contributed by atoms with Gasteiger partial charge in [0.05, 0.1) is 18.6 Å². The molecule has 2 aliphatic heterocycles. The van der Waals surface area contributed by atoms with Crippen LogP contribution in [0, 0.1) is 11.3 Å². The second kappa shape index (κ2) is 10.3. The van der Waals surface area contributed by atoms with Crippen LogP contribution in [-0.4, -0.2) is 78.5 Å². The van der Waals surface area contributed by atoms with Crippen molar-refractivity contribution in [1.29, 1.82) is 5.26 Å². The number of carbonyl (C=O) groups excluding carboxylic acids is 1. The predicted molar refractivity (Wildman–Crippen MR) is 121 cm³/mol. The van der Waals surface area contributed by atoms with E-state index in [0.717, 1.165) is 17.8 Å². The lowest BCUT2D eigenvalue weighted by molar-refractivity contribution is -0.490. The van der Waals surface area contributed by atoms with Gasteiger partial charge in [0, 0.05) is 14.1 Å². The van der Waals surface area contributed by atoms with Crippen molar-refractivity contribution in [2.75, 3.05) is 40.3 Å². The number of carbonyl (C=O) groups is 1. The molecule has 8 heteroatoms. The monoisotopic (exact) mass is 428 g/mol. The first-order valence-corrected chi connectivity index (χ1v) is 10.6. The third-order valence-electron chi connectivity index (χ3n) is 4.60. The Balaban J connectivity index is 2.41. The molecule has 0 saturated heterocycles. The Morgan fingerprint density at radius 2 is 2.13 bits per heavy atom. The topological polar surface area (TPSA) is 81.2 Å². The summed E-state index contributed by atoms with van der Waals surface area (Å²) in [5, 5.41) is 9.91. The Kier molecular flexibility index (Phi) is 8.03. The molecule has 0 atom stereocenters. The number of aliphatic imine (C=N–C) groups is 1. The molecule has 2 heterocycles. The summed E-state index contributed by atoms with van der Waals surface area (Å²) in [5.74, 6) is 0.530. The van der Waals surface area contributed by atoms with Gasteiger partial charge in [-0.25, -0.2) is 9.79 Å². The maximum absolute atomic E-state index is 12.5. The van der Waals surface area contributed by atoms with Gasteiger partial charge in [-0.05, 0) is 40.2 Å². The lowest BCUT2D eigenvalue weighted by Crippen LogP contribution is -2.51. The summed E-state index contributed by atoms with van der Waals surface area (Å²) < 4.78 is 13.8. The van der Waals surface area contributed by atoms with Crippen LogP contribution in [0.4, 0.5) is 4.79 Å². The van der Waals surface area contributed by atoms with Gasteiger partial charge in [-0.15, -0.1) is 0 Å². The lowest BCUT2D eigenvalue weighted by Gasteiger charge is -2.32. The van der Waals surface area contributed by atoms with E-state index in [1.807, 2.05) is 53.6 Å². The van der Waals surface area contributed by atoms with E-state index in [-0.39, 0.29) is 6.09 Å². The van der Waals surface area contributed by atoms with Crippen LogP contribution in [0.2, 0.25) is 0 Å². The van der Waals surface area contributed by atoms with Crippen molar-refractivity contribution < 1.29 is 18.8 Å². The highest BCUT2D eigenvalue weighted by atomic mass is 16.6. The summed E-state index contributed by atoms with van der Waals surface area (Å²) >= 11 is 0. The zero-order valence-corrected chi connectivity index (χ0v) is 19.7. The number of nitrogens with zero attached hydrogens (tertiary/aromatic N) is 5. The number of amides is 1. The summed E-state index contributed by atoms with van der Waals surface area (Å²) in [6.07, 6.45) is 5.98. The predicted octanol–water partition coefficient (Wildman–Crippen LogP) is 3.29. The highest BCUT2D eigenvalue weighted by molar-refractivity contribution is 5.88. The maximum atomic E-state index is 12.5. The molecule has 0 saturated carbocycles. The molecule has 0 radical (unpaired) electrons. The molecule has 0 aliphatic carbocycles. The molecule has 0 N–H and O–H groups in total. The zero-order chi connectivity index (χ0) is 23.2. The van der Waals surface area contributed by atoms with E-state index in [2.05, 4.69) is 21.7 Å². The molecule has 31 heavy (non-hydrogen) atoms. The molecule has 2 rings (SSSR count). The third-order valence-corrected chi connectivity index (χ3v) is 4.60. The van der Waals surface area contributed by atoms with Crippen molar-refractivity contribution >= 4 is 18.1 Å². The standard InChI is InChI=1S/C23H34N5O3/c1-8-10-20-21(18(13-24)19(9-2)25-16-26(6)7)30-15-17-14-27(11-12-28(17)20)22(29)31-23(3,4)5/h9-10,16H,8,11-12,14-15H2,1-7H3/q+1/b19-9+,20-10-,21-18+,25-16?. The van der Waals surface area contributed by atoms with Crippen LogP contribution >= 0.6 is 0 Å². The SMILES string of the molecule is C\C=C(N=CN(C)C)/C(C#N)=C1/OCC2=[N+](CCN(C(=O)OC(C)(C)C)C2)/C1=C\CC.